The molecular formula is C19H32N2O4Si. The van der Waals surface area contributed by atoms with E-state index in [1.54, 1.807) is 13.1 Å². The fourth-order valence-electron chi connectivity index (χ4n) is 2.84. The average Bonchev–Trinajstić information content (AvgIpc) is 2.91. The Labute approximate surface area is 156 Å². The highest BCUT2D eigenvalue weighted by molar-refractivity contribution is 6.74. The van der Waals surface area contributed by atoms with Crippen LogP contribution < -0.4 is 11.2 Å². The molecule has 2 heterocycles. The normalized spacial score (nSPS) is 24.5. The lowest BCUT2D eigenvalue weighted by atomic mass is 10.0. The van der Waals surface area contributed by atoms with Gasteiger partial charge in [-0.3, -0.25) is 14.3 Å². The summed E-state index contributed by atoms with van der Waals surface area (Å²) < 4.78 is 14.0. The third kappa shape index (κ3) is 4.45. The van der Waals surface area contributed by atoms with Crippen molar-refractivity contribution >= 4 is 8.32 Å². The molecule has 1 aliphatic rings. The lowest BCUT2D eigenvalue weighted by Crippen LogP contribution is -2.43. The van der Waals surface area contributed by atoms with Crippen LogP contribution in [-0.2, 0) is 9.16 Å². The molecule has 0 saturated carbocycles. The number of allylic oxidation sites excluding steroid dienone is 1. The quantitative estimate of drug-likeness (QED) is 0.628. The minimum absolute atomic E-state index is 0.107. The van der Waals surface area contributed by atoms with Gasteiger partial charge in [0, 0.05) is 24.1 Å². The van der Waals surface area contributed by atoms with Crippen molar-refractivity contribution in [1.82, 2.24) is 9.55 Å². The molecule has 0 bridgehead atoms. The van der Waals surface area contributed by atoms with Gasteiger partial charge in [0.2, 0.25) is 0 Å². The Morgan fingerprint density at radius 1 is 1.38 bits per heavy atom. The molecule has 1 saturated heterocycles. The highest BCUT2D eigenvalue weighted by Crippen LogP contribution is 2.39. The van der Waals surface area contributed by atoms with Crippen molar-refractivity contribution in [1.29, 1.82) is 0 Å². The first-order valence-electron chi connectivity index (χ1n) is 9.20. The Kier molecular flexibility index (Phi) is 6.15. The Bertz CT molecular complexity index is 773. The molecule has 146 valence electrons. The molecule has 1 aromatic rings. The number of aromatic nitrogens is 2. The zero-order valence-electron chi connectivity index (χ0n) is 17.0. The third-order valence-corrected chi connectivity index (χ3v) is 10.1. The lowest BCUT2D eigenvalue weighted by molar-refractivity contribution is -0.0270. The fraction of sp³-hybridized carbons (Fsp3) is 0.684. The summed E-state index contributed by atoms with van der Waals surface area (Å²) in [6, 6.07) is 0. The number of nitrogens with zero attached hydrogens (tertiary/aromatic N) is 1. The van der Waals surface area contributed by atoms with E-state index in [0.29, 0.717) is 18.6 Å². The van der Waals surface area contributed by atoms with Crippen molar-refractivity contribution in [3.8, 4) is 0 Å². The zero-order valence-corrected chi connectivity index (χ0v) is 18.0. The summed E-state index contributed by atoms with van der Waals surface area (Å²) in [6.45, 7) is 15.3. The van der Waals surface area contributed by atoms with Crippen LogP contribution in [0.25, 0.3) is 0 Å². The van der Waals surface area contributed by atoms with Gasteiger partial charge >= 0.3 is 5.69 Å². The first-order valence-corrected chi connectivity index (χ1v) is 12.1. The fourth-order valence-corrected chi connectivity index (χ4v) is 3.86. The van der Waals surface area contributed by atoms with Gasteiger partial charge in [-0.2, -0.15) is 0 Å². The second-order valence-corrected chi connectivity index (χ2v) is 13.4. The molecule has 6 nitrogen and oxygen atoms in total. The van der Waals surface area contributed by atoms with Gasteiger partial charge in [0.1, 0.15) is 6.23 Å². The number of hydrogen-bond acceptors (Lipinski definition) is 4. The van der Waals surface area contributed by atoms with Gasteiger partial charge in [-0.05, 0) is 32.0 Å². The van der Waals surface area contributed by atoms with Crippen LogP contribution >= 0.6 is 0 Å². The van der Waals surface area contributed by atoms with Crippen LogP contribution in [0.2, 0.25) is 18.1 Å². The van der Waals surface area contributed by atoms with E-state index in [9.17, 15) is 9.59 Å². The number of hydrogen-bond donors (Lipinski definition) is 1. The van der Waals surface area contributed by atoms with Crippen LogP contribution in [0, 0.1) is 12.8 Å². The van der Waals surface area contributed by atoms with E-state index in [0.717, 1.165) is 0 Å². The van der Waals surface area contributed by atoms with Gasteiger partial charge in [-0.15, -0.1) is 0 Å². The van der Waals surface area contributed by atoms with E-state index >= 15 is 0 Å². The van der Waals surface area contributed by atoms with Crippen LogP contribution in [0.15, 0.2) is 27.9 Å². The van der Waals surface area contributed by atoms with E-state index < -0.39 is 20.2 Å². The van der Waals surface area contributed by atoms with Gasteiger partial charge in [-0.1, -0.05) is 32.9 Å². The van der Waals surface area contributed by atoms with Gasteiger partial charge in [-0.25, -0.2) is 4.79 Å². The molecule has 1 unspecified atom stereocenters. The third-order valence-electron chi connectivity index (χ3n) is 5.59. The highest BCUT2D eigenvalue weighted by atomic mass is 28.4. The SMILES string of the molecule is CC=CC1C[C@H](n2cc(C)c(=O)[nH]c2=O)O[C@@H]1CO[Si](C)(C)C(C)(C)C. The Morgan fingerprint density at radius 2 is 2.04 bits per heavy atom. The molecule has 1 fully saturated rings. The summed E-state index contributed by atoms with van der Waals surface area (Å²) in [5.74, 6) is 0.175. The standard InChI is InChI=1S/C19H32N2O4Si/c1-8-9-14-10-16(21-11-13(2)17(22)20-18(21)23)25-15(14)12-24-26(6,7)19(3,4)5/h8-9,11,14-16H,10,12H2,1-7H3,(H,20,22,23)/t14?,15-,16-/m1/s1. The predicted molar refractivity (Wildman–Crippen MR) is 106 cm³/mol. The molecule has 0 spiro atoms. The zero-order chi connectivity index (χ0) is 19.7. The van der Waals surface area contributed by atoms with Crippen LogP contribution in [0.4, 0.5) is 0 Å². The lowest BCUT2D eigenvalue weighted by Gasteiger charge is -2.37. The monoisotopic (exact) mass is 380 g/mol. The predicted octanol–water partition coefficient (Wildman–Crippen LogP) is 3.35. The number of nitrogens with one attached hydrogen (secondary N) is 1. The first-order chi connectivity index (χ1) is 12.0. The topological polar surface area (TPSA) is 73.3 Å². The molecule has 1 aromatic heterocycles. The maximum absolute atomic E-state index is 12.2. The maximum Gasteiger partial charge on any atom is 0.330 e. The number of rotatable bonds is 5. The summed E-state index contributed by atoms with van der Waals surface area (Å²) in [6.07, 6.45) is 5.88. The first kappa shape index (κ1) is 20.9. The average molecular weight is 381 g/mol. The number of aryl methyl sites for hydroxylation is 1. The van der Waals surface area contributed by atoms with Crippen molar-refractivity contribution in [3.05, 3.63) is 44.8 Å². The van der Waals surface area contributed by atoms with Crippen LogP contribution in [-0.4, -0.2) is 30.6 Å². The molecule has 1 N–H and O–H groups in total. The van der Waals surface area contributed by atoms with Crippen molar-refractivity contribution in [2.75, 3.05) is 6.61 Å². The Morgan fingerprint density at radius 3 is 2.62 bits per heavy atom. The Balaban J connectivity index is 2.20. The van der Waals surface area contributed by atoms with Crippen molar-refractivity contribution < 1.29 is 9.16 Å². The molecule has 0 aromatic carbocycles. The Hall–Kier alpha value is -1.44. The summed E-state index contributed by atoms with van der Waals surface area (Å²) in [5.41, 5.74) is -0.292. The van der Waals surface area contributed by atoms with E-state index in [4.69, 9.17) is 9.16 Å². The summed E-state index contributed by atoms with van der Waals surface area (Å²) in [5, 5.41) is 0.133. The molecule has 3 atom stereocenters. The minimum atomic E-state index is -1.87. The molecule has 0 radical (unpaired) electrons. The highest BCUT2D eigenvalue weighted by Gasteiger charge is 2.41. The molecule has 26 heavy (non-hydrogen) atoms. The minimum Gasteiger partial charge on any atom is -0.414 e. The number of H-pyrrole nitrogens is 1. The summed E-state index contributed by atoms with van der Waals surface area (Å²) >= 11 is 0. The second-order valence-electron chi connectivity index (χ2n) is 8.60. The smallest absolute Gasteiger partial charge is 0.330 e. The maximum atomic E-state index is 12.2. The van der Waals surface area contributed by atoms with Crippen molar-refractivity contribution in [2.45, 2.75) is 71.5 Å². The molecule has 0 aliphatic carbocycles. The second kappa shape index (κ2) is 7.66. The van der Waals surface area contributed by atoms with Gasteiger partial charge in [0.25, 0.3) is 5.56 Å². The van der Waals surface area contributed by atoms with Crippen molar-refractivity contribution in [3.63, 3.8) is 0 Å². The summed E-state index contributed by atoms with van der Waals surface area (Å²) in [4.78, 5) is 26.1. The molecule has 1 aliphatic heterocycles. The molecule has 2 rings (SSSR count). The van der Waals surface area contributed by atoms with Gasteiger partial charge in [0.15, 0.2) is 8.32 Å². The molecule has 7 heteroatoms. The van der Waals surface area contributed by atoms with E-state index in [2.05, 4.69) is 44.9 Å². The van der Waals surface area contributed by atoms with Crippen molar-refractivity contribution in [2.24, 2.45) is 5.92 Å². The molecule has 0 amide bonds. The number of ether oxygens (including phenoxy) is 1. The van der Waals surface area contributed by atoms with E-state index in [1.165, 1.54) is 4.57 Å². The summed E-state index contributed by atoms with van der Waals surface area (Å²) in [7, 11) is -1.87. The van der Waals surface area contributed by atoms with Crippen LogP contribution in [0.1, 0.15) is 45.9 Å². The van der Waals surface area contributed by atoms with Gasteiger partial charge in [0.05, 0.1) is 12.7 Å². The number of aromatic amines is 1. The molecular weight excluding hydrogens is 348 g/mol. The van der Waals surface area contributed by atoms with E-state index in [-0.39, 0.29) is 22.6 Å². The van der Waals surface area contributed by atoms with Gasteiger partial charge < -0.3 is 9.16 Å². The largest absolute Gasteiger partial charge is 0.414 e. The van der Waals surface area contributed by atoms with Crippen LogP contribution in [0.3, 0.4) is 0 Å². The van der Waals surface area contributed by atoms with E-state index in [1.807, 2.05) is 13.0 Å². The van der Waals surface area contributed by atoms with Crippen LogP contribution in [0.5, 0.6) is 0 Å².